The van der Waals surface area contributed by atoms with Crippen LogP contribution in [0.15, 0.2) is 54.6 Å². The normalized spacial score (nSPS) is 34.1. The van der Waals surface area contributed by atoms with Gasteiger partial charge in [0.05, 0.1) is 31.3 Å². The van der Waals surface area contributed by atoms with Gasteiger partial charge in [0.1, 0.15) is 23.7 Å². The van der Waals surface area contributed by atoms with Gasteiger partial charge in [-0.05, 0) is 25.8 Å². The van der Waals surface area contributed by atoms with Crippen molar-refractivity contribution in [3.8, 4) is 0 Å². The molecule has 1 aromatic carbocycles. The molecule has 3 amide bonds. The minimum Gasteiger partial charge on any atom is -0.455 e. The summed E-state index contributed by atoms with van der Waals surface area (Å²) in [4.78, 5) is 58.2. The molecular weight excluding hydrogens is 542 g/mol. The lowest BCUT2D eigenvalue weighted by Gasteiger charge is -2.37. The predicted octanol–water partition coefficient (Wildman–Crippen LogP) is 1.13. The minimum absolute atomic E-state index is 0.0759. The lowest BCUT2D eigenvalue weighted by Crippen LogP contribution is -2.57. The summed E-state index contributed by atoms with van der Waals surface area (Å²) < 4.78 is 18.0. The second-order valence-corrected chi connectivity index (χ2v) is 11.4. The number of rotatable bonds is 6. The van der Waals surface area contributed by atoms with E-state index in [0.29, 0.717) is 12.0 Å². The van der Waals surface area contributed by atoms with Crippen molar-refractivity contribution in [2.75, 3.05) is 33.4 Å². The van der Waals surface area contributed by atoms with Crippen LogP contribution in [0.2, 0.25) is 0 Å². The second-order valence-electron chi connectivity index (χ2n) is 11.4. The molecule has 0 saturated carbocycles. The number of methoxy groups -OCH3 is 1. The highest BCUT2D eigenvalue weighted by molar-refractivity contribution is 5.99. The Morgan fingerprint density at radius 2 is 1.88 bits per heavy atom. The topological polar surface area (TPSA) is 135 Å². The van der Waals surface area contributed by atoms with Crippen molar-refractivity contribution in [1.82, 2.24) is 15.1 Å². The van der Waals surface area contributed by atoms with Crippen LogP contribution in [0.3, 0.4) is 0 Å². The first kappa shape index (κ1) is 29.9. The first-order chi connectivity index (χ1) is 20.2. The van der Waals surface area contributed by atoms with E-state index in [1.54, 1.807) is 29.2 Å². The zero-order valence-electron chi connectivity index (χ0n) is 24.2. The molecule has 4 aliphatic rings. The number of cyclic esters (lactones) is 1. The summed E-state index contributed by atoms with van der Waals surface area (Å²) in [5.74, 6) is -3.70. The second kappa shape index (κ2) is 12.4. The van der Waals surface area contributed by atoms with E-state index in [4.69, 9.17) is 14.2 Å². The molecule has 2 fully saturated rings. The number of hydrogen-bond donors (Lipinski definition) is 2. The molecule has 1 spiro atoms. The van der Waals surface area contributed by atoms with Crippen molar-refractivity contribution in [2.45, 2.75) is 62.6 Å². The summed E-state index contributed by atoms with van der Waals surface area (Å²) in [6.07, 6.45) is 6.08. The summed E-state index contributed by atoms with van der Waals surface area (Å²) in [6, 6.07) is 7.10. The van der Waals surface area contributed by atoms with Crippen LogP contribution in [0.1, 0.15) is 38.4 Å². The zero-order chi connectivity index (χ0) is 30.0. The molecule has 5 rings (SSSR count). The Hall–Kier alpha value is -3.54. The van der Waals surface area contributed by atoms with Crippen LogP contribution in [0, 0.1) is 11.8 Å². The number of esters is 1. The first-order valence-corrected chi connectivity index (χ1v) is 14.5. The molecule has 11 heteroatoms. The molecule has 0 unspecified atom stereocenters. The highest BCUT2D eigenvalue weighted by atomic mass is 16.6. The van der Waals surface area contributed by atoms with Crippen molar-refractivity contribution in [2.24, 2.45) is 11.8 Å². The fraction of sp³-hybridized carbons (Fsp3) is 0.548. The molecule has 5 bridgehead atoms. The highest BCUT2D eigenvalue weighted by Crippen LogP contribution is 2.55. The smallest absolute Gasteiger partial charge is 0.313 e. The Kier molecular flexibility index (Phi) is 8.81. The van der Waals surface area contributed by atoms with Crippen LogP contribution in [-0.2, 0) is 33.4 Å². The monoisotopic (exact) mass is 581 g/mol. The standard InChI is InChI=1S/C31H39N3O8/c1-19(2)33-15-9-5-8-12-23(36)32-21(18-40-3)26(20-10-6-4-7-11-20)41-30(39)24-22-13-14-31(42-22)25(24)28(37)34(16-17-35)27(31)29(33)38/h4-7,9-11,13-14,19,21-22,24-27,35H,8,12,15-18H2,1-3H3,(H,32,36)/b9-5-/t21-,22+,24-,25-,26-,27+,31-/m1/s1. The van der Waals surface area contributed by atoms with Crippen LogP contribution in [-0.4, -0.2) is 102 Å². The summed E-state index contributed by atoms with van der Waals surface area (Å²) >= 11 is 0. The first-order valence-electron chi connectivity index (χ1n) is 14.5. The Bertz CT molecular complexity index is 1250. The van der Waals surface area contributed by atoms with Gasteiger partial charge in [-0.2, -0.15) is 0 Å². The van der Waals surface area contributed by atoms with Gasteiger partial charge in [0.15, 0.2) is 0 Å². The van der Waals surface area contributed by atoms with Gasteiger partial charge in [0, 0.05) is 32.7 Å². The van der Waals surface area contributed by atoms with Crippen molar-refractivity contribution in [3.63, 3.8) is 0 Å². The third kappa shape index (κ3) is 5.25. The molecule has 0 aromatic heterocycles. The molecule has 1 aromatic rings. The third-order valence-corrected chi connectivity index (χ3v) is 8.56. The van der Waals surface area contributed by atoms with E-state index in [0.717, 1.165) is 0 Å². The molecule has 2 saturated heterocycles. The van der Waals surface area contributed by atoms with E-state index in [1.807, 2.05) is 44.2 Å². The Labute approximate surface area is 245 Å². The number of amides is 3. The fourth-order valence-electron chi connectivity index (χ4n) is 6.69. The molecule has 11 nitrogen and oxygen atoms in total. The number of aliphatic hydroxyl groups is 1. The maximum absolute atomic E-state index is 14.2. The van der Waals surface area contributed by atoms with Crippen molar-refractivity contribution in [1.29, 1.82) is 0 Å². The number of β-amino-alcohol motifs (C(OH)–C–C–N with tert-alkyl or cyclic N) is 1. The lowest BCUT2D eigenvalue weighted by molar-refractivity contribution is -0.162. The van der Waals surface area contributed by atoms with Crippen molar-refractivity contribution >= 4 is 23.7 Å². The van der Waals surface area contributed by atoms with E-state index in [-0.39, 0.29) is 50.6 Å². The number of nitrogens with one attached hydrogen (secondary N) is 1. The molecule has 4 heterocycles. The maximum Gasteiger partial charge on any atom is 0.313 e. The molecule has 226 valence electrons. The number of allylic oxidation sites excluding steroid dienone is 1. The molecular formula is C31H39N3O8. The number of benzene rings is 1. The number of likely N-dealkylation sites (tertiary alicyclic amines) is 1. The van der Waals surface area contributed by atoms with E-state index in [9.17, 15) is 24.3 Å². The predicted molar refractivity (Wildman–Crippen MR) is 151 cm³/mol. The van der Waals surface area contributed by atoms with Crippen molar-refractivity contribution < 1.29 is 38.5 Å². The van der Waals surface area contributed by atoms with Crippen LogP contribution in [0.4, 0.5) is 0 Å². The van der Waals surface area contributed by atoms with Gasteiger partial charge >= 0.3 is 5.97 Å². The van der Waals surface area contributed by atoms with Gasteiger partial charge in [0.25, 0.3) is 0 Å². The summed E-state index contributed by atoms with van der Waals surface area (Å²) in [6.45, 7) is 3.68. The number of ether oxygens (including phenoxy) is 3. The third-order valence-electron chi connectivity index (χ3n) is 8.56. The number of carbonyl (C=O) groups is 4. The van der Waals surface area contributed by atoms with E-state index >= 15 is 0 Å². The lowest BCUT2D eigenvalue weighted by atomic mass is 9.74. The highest BCUT2D eigenvalue weighted by Gasteiger charge is 2.73. The maximum atomic E-state index is 14.2. The van der Waals surface area contributed by atoms with E-state index in [2.05, 4.69) is 5.32 Å². The summed E-state index contributed by atoms with van der Waals surface area (Å²) in [5.41, 5.74) is -0.717. The van der Waals surface area contributed by atoms with Gasteiger partial charge in [-0.3, -0.25) is 19.2 Å². The molecule has 4 aliphatic heterocycles. The Balaban J connectivity index is 1.59. The van der Waals surface area contributed by atoms with Crippen LogP contribution in [0.5, 0.6) is 0 Å². The summed E-state index contributed by atoms with van der Waals surface area (Å²) in [7, 11) is 1.50. The van der Waals surface area contributed by atoms with Gasteiger partial charge in [0.2, 0.25) is 17.7 Å². The van der Waals surface area contributed by atoms with Gasteiger partial charge in [-0.25, -0.2) is 0 Å². The Morgan fingerprint density at radius 1 is 1.12 bits per heavy atom. The van der Waals surface area contributed by atoms with Crippen LogP contribution < -0.4 is 5.32 Å². The van der Waals surface area contributed by atoms with Gasteiger partial charge < -0.3 is 34.4 Å². The Morgan fingerprint density at radius 3 is 2.57 bits per heavy atom. The van der Waals surface area contributed by atoms with Crippen LogP contribution in [0.25, 0.3) is 0 Å². The fourth-order valence-corrected chi connectivity index (χ4v) is 6.69. The number of carbonyl (C=O) groups excluding carboxylic acids is 4. The quantitative estimate of drug-likeness (QED) is 0.377. The van der Waals surface area contributed by atoms with Gasteiger partial charge in [-0.15, -0.1) is 0 Å². The number of aliphatic hydroxyl groups excluding tert-OH is 1. The average molecular weight is 582 g/mol. The number of nitrogens with zero attached hydrogens (tertiary/aromatic N) is 2. The zero-order valence-corrected chi connectivity index (χ0v) is 24.2. The average Bonchev–Trinajstić information content (AvgIpc) is 3.60. The molecule has 42 heavy (non-hydrogen) atoms. The number of hydrogen-bond acceptors (Lipinski definition) is 8. The summed E-state index contributed by atoms with van der Waals surface area (Å²) in [5, 5.41) is 12.8. The minimum atomic E-state index is -1.37. The van der Waals surface area contributed by atoms with E-state index in [1.165, 1.54) is 12.0 Å². The molecule has 0 radical (unpaired) electrons. The van der Waals surface area contributed by atoms with E-state index < -0.39 is 53.6 Å². The largest absolute Gasteiger partial charge is 0.455 e. The van der Waals surface area contributed by atoms with Gasteiger partial charge in [-0.1, -0.05) is 54.6 Å². The molecule has 0 aliphatic carbocycles. The number of fused-ring (bicyclic) bond motifs is 2. The molecule has 2 N–H and O–H groups in total. The SMILES string of the molecule is COC[C@H]1NC(=O)CC/C=C\CN(C(C)C)C(=O)[C@@H]2N(CCO)C(=O)[C@H]3[C@H](C(=O)O[C@@H]1c1ccccc1)[C@@H]1C=C[C@]23O1. The molecule has 7 atom stereocenters. The van der Waals surface area contributed by atoms with Crippen molar-refractivity contribution in [3.05, 3.63) is 60.2 Å². The van der Waals surface area contributed by atoms with Crippen LogP contribution >= 0.6 is 0 Å².